The maximum atomic E-state index is 12.3. The highest BCUT2D eigenvalue weighted by Crippen LogP contribution is 2.28. The Morgan fingerprint density at radius 2 is 1.87 bits per heavy atom. The first-order valence-corrected chi connectivity index (χ1v) is 7.57. The molecule has 2 N–H and O–H groups in total. The second-order valence-electron chi connectivity index (χ2n) is 4.70. The zero-order chi connectivity index (χ0) is 17.2. The van der Waals surface area contributed by atoms with Crippen molar-refractivity contribution in [2.24, 2.45) is 0 Å². The normalized spacial score (nSPS) is 12.0. The fourth-order valence-corrected chi connectivity index (χ4v) is 1.93. The summed E-state index contributed by atoms with van der Waals surface area (Å²) >= 11 is 0. The smallest absolute Gasteiger partial charge is 0.326 e. The van der Waals surface area contributed by atoms with E-state index in [9.17, 15) is 9.59 Å². The number of rotatable bonds is 9. The molecular formula is C17H23NO5. The molecule has 0 aromatic heterocycles. The Balaban J connectivity index is 2.93. The van der Waals surface area contributed by atoms with Crippen LogP contribution in [0.25, 0.3) is 0 Å². The Kier molecular flexibility index (Phi) is 7.66. The monoisotopic (exact) mass is 321 g/mol. The average molecular weight is 321 g/mol. The third-order valence-electron chi connectivity index (χ3n) is 3.02. The predicted octanol–water partition coefficient (Wildman–Crippen LogP) is 2.63. The maximum Gasteiger partial charge on any atom is 0.326 e. The Labute approximate surface area is 136 Å². The molecule has 1 aromatic rings. The molecule has 0 bridgehead atoms. The molecule has 0 saturated carbocycles. The molecule has 1 aromatic carbocycles. The van der Waals surface area contributed by atoms with Crippen LogP contribution in [0.15, 0.2) is 30.4 Å². The van der Waals surface area contributed by atoms with Gasteiger partial charge in [-0.25, -0.2) is 4.79 Å². The minimum Gasteiger partial charge on any atom is -0.490 e. The van der Waals surface area contributed by atoms with E-state index in [0.717, 1.165) is 0 Å². The third-order valence-corrected chi connectivity index (χ3v) is 3.02. The highest BCUT2D eigenvalue weighted by Gasteiger charge is 2.20. The molecule has 23 heavy (non-hydrogen) atoms. The van der Waals surface area contributed by atoms with Crippen LogP contribution in [0.1, 0.15) is 37.6 Å². The topological polar surface area (TPSA) is 84.9 Å². The van der Waals surface area contributed by atoms with Crippen molar-refractivity contribution in [2.45, 2.75) is 33.2 Å². The summed E-state index contributed by atoms with van der Waals surface area (Å²) in [5.74, 6) is -0.532. The van der Waals surface area contributed by atoms with E-state index in [1.807, 2.05) is 13.8 Å². The van der Waals surface area contributed by atoms with Crippen molar-refractivity contribution >= 4 is 11.9 Å². The van der Waals surface area contributed by atoms with Gasteiger partial charge in [-0.15, -0.1) is 0 Å². The van der Waals surface area contributed by atoms with Gasteiger partial charge in [0, 0.05) is 5.56 Å². The summed E-state index contributed by atoms with van der Waals surface area (Å²) in [6.45, 7) is 6.40. The second kappa shape index (κ2) is 9.50. The van der Waals surface area contributed by atoms with Crippen LogP contribution < -0.4 is 14.8 Å². The van der Waals surface area contributed by atoms with Gasteiger partial charge in [0.2, 0.25) is 0 Å². The molecule has 0 saturated heterocycles. The van der Waals surface area contributed by atoms with Crippen molar-refractivity contribution in [2.75, 3.05) is 13.2 Å². The summed E-state index contributed by atoms with van der Waals surface area (Å²) in [5.41, 5.74) is 0.323. The van der Waals surface area contributed by atoms with Gasteiger partial charge in [-0.05, 0) is 45.4 Å². The number of carbonyl (C=O) groups excluding carboxylic acids is 1. The van der Waals surface area contributed by atoms with Crippen molar-refractivity contribution in [3.05, 3.63) is 35.9 Å². The first-order chi connectivity index (χ1) is 11.0. The first kappa shape index (κ1) is 18.5. The summed E-state index contributed by atoms with van der Waals surface area (Å²) in [7, 11) is 0. The number of carbonyl (C=O) groups is 2. The fraction of sp³-hybridized carbons (Fsp3) is 0.412. The SMILES string of the molecule is C/C=C/CC(NC(=O)c1ccc(OCC)c(OCC)c1)C(=O)O. The lowest BCUT2D eigenvalue weighted by Crippen LogP contribution is -2.40. The Bertz CT molecular complexity index is 568. The molecule has 0 aliphatic carbocycles. The quantitative estimate of drug-likeness (QED) is 0.683. The van der Waals surface area contributed by atoms with Gasteiger partial charge in [0.25, 0.3) is 5.91 Å². The van der Waals surface area contributed by atoms with Gasteiger partial charge in [0.05, 0.1) is 13.2 Å². The molecule has 0 aliphatic heterocycles. The number of amides is 1. The standard InChI is InChI=1S/C17H23NO5/c1-4-7-8-13(17(20)21)18-16(19)12-9-10-14(22-5-2)15(11-12)23-6-3/h4,7,9-11,13H,5-6,8H2,1-3H3,(H,18,19)(H,20,21)/b7-4+. The van der Waals surface area contributed by atoms with Crippen LogP contribution in [0.2, 0.25) is 0 Å². The summed E-state index contributed by atoms with van der Waals surface area (Å²) < 4.78 is 10.9. The molecule has 1 unspecified atom stereocenters. The van der Waals surface area contributed by atoms with E-state index in [1.165, 1.54) is 0 Å². The number of nitrogens with one attached hydrogen (secondary N) is 1. The molecule has 1 amide bonds. The molecule has 126 valence electrons. The Morgan fingerprint density at radius 3 is 2.43 bits per heavy atom. The fourth-order valence-electron chi connectivity index (χ4n) is 1.93. The van der Waals surface area contributed by atoms with E-state index in [-0.39, 0.29) is 6.42 Å². The van der Waals surface area contributed by atoms with Gasteiger partial charge in [-0.1, -0.05) is 12.2 Å². The van der Waals surface area contributed by atoms with Gasteiger partial charge in [-0.2, -0.15) is 0 Å². The summed E-state index contributed by atoms with van der Waals surface area (Å²) in [6.07, 6.45) is 3.67. The van der Waals surface area contributed by atoms with E-state index >= 15 is 0 Å². The van der Waals surface area contributed by atoms with Crippen LogP contribution in [-0.4, -0.2) is 36.2 Å². The zero-order valence-electron chi connectivity index (χ0n) is 13.7. The molecule has 0 radical (unpaired) electrons. The Hall–Kier alpha value is -2.50. The van der Waals surface area contributed by atoms with Crippen molar-refractivity contribution < 1.29 is 24.2 Å². The third kappa shape index (κ3) is 5.65. The highest BCUT2D eigenvalue weighted by atomic mass is 16.5. The van der Waals surface area contributed by atoms with E-state index in [0.29, 0.717) is 30.3 Å². The van der Waals surface area contributed by atoms with Gasteiger partial charge >= 0.3 is 5.97 Å². The number of hydrogen-bond donors (Lipinski definition) is 2. The van der Waals surface area contributed by atoms with Crippen LogP contribution in [-0.2, 0) is 4.79 Å². The van der Waals surface area contributed by atoms with Crippen LogP contribution >= 0.6 is 0 Å². The number of aliphatic carboxylic acids is 1. The van der Waals surface area contributed by atoms with Crippen molar-refractivity contribution in [1.82, 2.24) is 5.32 Å². The lowest BCUT2D eigenvalue weighted by atomic mass is 10.1. The molecule has 0 aliphatic rings. The predicted molar refractivity (Wildman–Crippen MR) is 87.1 cm³/mol. The van der Waals surface area contributed by atoms with Crippen LogP contribution in [0.3, 0.4) is 0 Å². The minimum atomic E-state index is -1.08. The van der Waals surface area contributed by atoms with Crippen molar-refractivity contribution in [3.63, 3.8) is 0 Å². The van der Waals surface area contributed by atoms with E-state index in [2.05, 4.69) is 5.32 Å². The van der Waals surface area contributed by atoms with Crippen LogP contribution in [0.4, 0.5) is 0 Å². The number of allylic oxidation sites excluding steroid dienone is 1. The Morgan fingerprint density at radius 1 is 1.22 bits per heavy atom. The molecule has 1 atom stereocenters. The average Bonchev–Trinajstić information content (AvgIpc) is 2.53. The van der Waals surface area contributed by atoms with E-state index in [1.54, 1.807) is 37.3 Å². The summed E-state index contributed by atoms with van der Waals surface area (Å²) in [6, 6.07) is 3.81. The maximum absolute atomic E-state index is 12.3. The molecule has 0 fully saturated rings. The molecule has 1 rings (SSSR count). The lowest BCUT2D eigenvalue weighted by molar-refractivity contribution is -0.139. The van der Waals surface area contributed by atoms with Gasteiger partial charge in [0.1, 0.15) is 6.04 Å². The lowest BCUT2D eigenvalue weighted by Gasteiger charge is -2.15. The molecule has 0 heterocycles. The van der Waals surface area contributed by atoms with Gasteiger partial charge in [-0.3, -0.25) is 4.79 Å². The largest absolute Gasteiger partial charge is 0.490 e. The number of carboxylic acid groups (broad SMARTS) is 1. The zero-order valence-corrected chi connectivity index (χ0v) is 13.7. The van der Waals surface area contributed by atoms with Crippen molar-refractivity contribution in [1.29, 1.82) is 0 Å². The number of hydrogen-bond acceptors (Lipinski definition) is 4. The van der Waals surface area contributed by atoms with Gasteiger partial charge < -0.3 is 19.9 Å². The van der Waals surface area contributed by atoms with E-state index in [4.69, 9.17) is 14.6 Å². The van der Waals surface area contributed by atoms with Crippen LogP contribution in [0.5, 0.6) is 11.5 Å². The highest BCUT2D eigenvalue weighted by molar-refractivity contribution is 5.97. The van der Waals surface area contributed by atoms with E-state index < -0.39 is 17.9 Å². The molecular weight excluding hydrogens is 298 g/mol. The summed E-state index contributed by atoms with van der Waals surface area (Å²) in [4.78, 5) is 23.4. The molecule has 6 nitrogen and oxygen atoms in total. The second-order valence-corrected chi connectivity index (χ2v) is 4.70. The molecule has 0 spiro atoms. The first-order valence-electron chi connectivity index (χ1n) is 7.57. The minimum absolute atomic E-state index is 0.229. The number of benzene rings is 1. The molecule has 6 heteroatoms. The summed E-state index contributed by atoms with van der Waals surface area (Å²) in [5, 5.41) is 11.7. The van der Waals surface area contributed by atoms with Gasteiger partial charge in [0.15, 0.2) is 11.5 Å². The van der Waals surface area contributed by atoms with Crippen LogP contribution in [0, 0.1) is 0 Å². The van der Waals surface area contributed by atoms with Crippen molar-refractivity contribution in [3.8, 4) is 11.5 Å². The number of carboxylic acids is 1. The number of ether oxygens (including phenoxy) is 2.